The van der Waals surface area contributed by atoms with Gasteiger partial charge in [0.25, 0.3) is 0 Å². The third-order valence-corrected chi connectivity index (χ3v) is 5.14. The van der Waals surface area contributed by atoms with E-state index in [0.717, 1.165) is 23.8 Å². The minimum Gasteiger partial charge on any atom is -0.744 e. The molecule has 0 aliphatic carbocycles. The first kappa shape index (κ1) is 21.7. The maximum Gasteiger partial charge on any atom is 1.00 e. The van der Waals surface area contributed by atoms with Gasteiger partial charge in [-0.3, -0.25) is 0 Å². The van der Waals surface area contributed by atoms with E-state index in [1.54, 1.807) is 6.07 Å². The Morgan fingerprint density at radius 3 is 2.25 bits per heavy atom. The van der Waals surface area contributed by atoms with Crippen LogP contribution in [0, 0.1) is 0 Å². The molecule has 126 valence electrons. The second kappa shape index (κ2) is 10.6. The fourth-order valence-corrected chi connectivity index (χ4v) is 3.64. The fraction of sp³-hybridized carbons (Fsp3) is 0.474. The third-order valence-electron chi connectivity index (χ3n) is 4.24. The van der Waals surface area contributed by atoms with E-state index >= 15 is 0 Å². The first-order valence-electron chi connectivity index (χ1n) is 8.50. The van der Waals surface area contributed by atoms with Crippen LogP contribution in [0.3, 0.4) is 0 Å². The molecule has 0 N–H and O–H groups in total. The first-order chi connectivity index (χ1) is 11.0. The zero-order chi connectivity index (χ0) is 16.7. The minimum atomic E-state index is -4.43. The summed E-state index contributed by atoms with van der Waals surface area (Å²) in [6.07, 6.45) is 9.68. The van der Waals surface area contributed by atoms with Gasteiger partial charge in [-0.25, -0.2) is 8.42 Å². The van der Waals surface area contributed by atoms with E-state index in [-0.39, 0.29) is 34.5 Å². The van der Waals surface area contributed by atoms with Gasteiger partial charge in [-0.05, 0) is 41.3 Å². The van der Waals surface area contributed by atoms with Crippen LogP contribution < -0.4 is 29.6 Å². The molecule has 0 amide bonds. The summed E-state index contributed by atoms with van der Waals surface area (Å²) in [5, 5.41) is 1.34. The van der Waals surface area contributed by atoms with Crippen LogP contribution in [0.1, 0.15) is 57.4 Å². The van der Waals surface area contributed by atoms with Crippen molar-refractivity contribution in [3.05, 3.63) is 42.0 Å². The van der Waals surface area contributed by atoms with E-state index in [9.17, 15) is 13.0 Å². The topological polar surface area (TPSA) is 57.2 Å². The van der Waals surface area contributed by atoms with Crippen LogP contribution >= 0.6 is 0 Å². The van der Waals surface area contributed by atoms with Crippen molar-refractivity contribution in [2.24, 2.45) is 0 Å². The molecule has 0 unspecified atom stereocenters. The molecule has 3 nitrogen and oxygen atoms in total. The van der Waals surface area contributed by atoms with Crippen molar-refractivity contribution in [2.45, 2.75) is 63.2 Å². The van der Waals surface area contributed by atoms with Crippen LogP contribution in [0.15, 0.2) is 41.3 Å². The third kappa shape index (κ3) is 6.49. The number of hydrogen-bond donors (Lipinski definition) is 0. The van der Waals surface area contributed by atoms with Crippen LogP contribution in [0.4, 0.5) is 0 Å². The monoisotopic (exact) mass is 356 g/mol. The second-order valence-electron chi connectivity index (χ2n) is 6.14. The van der Waals surface area contributed by atoms with Crippen molar-refractivity contribution in [3.63, 3.8) is 0 Å². The number of benzene rings is 2. The Bertz CT molecular complexity index is 741. The van der Waals surface area contributed by atoms with Gasteiger partial charge in [-0.15, -0.1) is 0 Å². The van der Waals surface area contributed by atoms with Crippen molar-refractivity contribution in [2.75, 3.05) is 0 Å². The minimum absolute atomic E-state index is 0. The van der Waals surface area contributed by atoms with E-state index in [2.05, 4.69) is 6.92 Å². The molecule has 2 aromatic rings. The summed E-state index contributed by atoms with van der Waals surface area (Å²) in [7, 11) is -4.43. The zero-order valence-electron chi connectivity index (χ0n) is 14.8. The summed E-state index contributed by atoms with van der Waals surface area (Å²) >= 11 is 0. The van der Waals surface area contributed by atoms with E-state index in [4.69, 9.17) is 0 Å². The fourth-order valence-electron chi connectivity index (χ4n) is 2.95. The Balaban J connectivity index is 0.00000288. The van der Waals surface area contributed by atoms with Crippen molar-refractivity contribution >= 4 is 20.9 Å². The number of hydrogen-bond acceptors (Lipinski definition) is 3. The van der Waals surface area contributed by atoms with Gasteiger partial charge in [0.15, 0.2) is 0 Å². The standard InChI is InChI=1S/C19H26O3S.Na/c1-2-3-4-5-6-7-8-10-16-13-14-17-11-9-12-19(18(17)15-16)23(20,21)22;/h9,11-15H,2-8,10H2,1H3,(H,20,21,22);/q;+1/p-1. The van der Waals surface area contributed by atoms with Gasteiger partial charge in [0.05, 0.1) is 4.90 Å². The molecule has 0 saturated heterocycles. The Labute approximate surface area is 167 Å². The van der Waals surface area contributed by atoms with E-state index in [0.29, 0.717) is 5.39 Å². The molecular weight excluding hydrogens is 331 g/mol. The average molecular weight is 356 g/mol. The van der Waals surface area contributed by atoms with Crippen molar-refractivity contribution < 1.29 is 42.5 Å². The molecule has 0 bridgehead atoms. The van der Waals surface area contributed by atoms with Crippen LogP contribution in [-0.2, 0) is 16.5 Å². The quantitative estimate of drug-likeness (QED) is 0.392. The normalized spacial score (nSPS) is 11.4. The molecule has 0 aliphatic rings. The van der Waals surface area contributed by atoms with Crippen LogP contribution in [-0.4, -0.2) is 13.0 Å². The van der Waals surface area contributed by atoms with Crippen LogP contribution in [0.2, 0.25) is 0 Å². The Morgan fingerprint density at radius 1 is 0.917 bits per heavy atom. The van der Waals surface area contributed by atoms with Gasteiger partial charge in [0.2, 0.25) is 0 Å². The summed E-state index contributed by atoms with van der Waals surface area (Å²) in [6, 6.07) is 10.6. The van der Waals surface area contributed by atoms with Crippen LogP contribution in [0.25, 0.3) is 10.8 Å². The zero-order valence-corrected chi connectivity index (χ0v) is 17.6. The SMILES string of the molecule is CCCCCCCCCc1ccc2cccc(S(=O)(=O)[O-])c2c1.[Na+]. The molecule has 0 spiro atoms. The van der Waals surface area contributed by atoms with E-state index in [1.807, 2.05) is 24.3 Å². The number of fused-ring (bicyclic) bond motifs is 1. The van der Waals surface area contributed by atoms with Crippen molar-refractivity contribution in [1.29, 1.82) is 0 Å². The molecule has 0 radical (unpaired) electrons. The molecule has 0 saturated carbocycles. The summed E-state index contributed by atoms with van der Waals surface area (Å²) in [5.41, 5.74) is 1.10. The maximum absolute atomic E-state index is 11.4. The molecule has 24 heavy (non-hydrogen) atoms. The predicted molar refractivity (Wildman–Crippen MR) is 93.6 cm³/mol. The van der Waals surface area contributed by atoms with E-state index < -0.39 is 10.1 Å². The van der Waals surface area contributed by atoms with Gasteiger partial charge in [0, 0.05) is 0 Å². The predicted octanol–water partition coefficient (Wildman–Crippen LogP) is 2.04. The summed E-state index contributed by atoms with van der Waals surface area (Å²) in [4.78, 5) is -0.114. The molecule has 0 fully saturated rings. The number of aryl methyl sites for hydroxylation is 1. The first-order valence-corrected chi connectivity index (χ1v) is 9.91. The van der Waals surface area contributed by atoms with E-state index in [1.165, 1.54) is 44.6 Å². The van der Waals surface area contributed by atoms with Gasteiger partial charge < -0.3 is 4.55 Å². The summed E-state index contributed by atoms with van der Waals surface area (Å²) < 4.78 is 34.2. The van der Waals surface area contributed by atoms with Gasteiger partial charge >= 0.3 is 29.6 Å². The smallest absolute Gasteiger partial charge is 0.744 e. The Kier molecular flexibility index (Phi) is 9.53. The molecule has 2 aromatic carbocycles. The molecule has 2 rings (SSSR count). The Morgan fingerprint density at radius 2 is 1.58 bits per heavy atom. The molecular formula is C19H25NaO3S. The molecule has 5 heteroatoms. The molecule has 0 aliphatic heterocycles. The van der Waals surface area contributed by atoms with Crippen molar-refractivity contribution in [3.8, 4) is 0 Å². The summed E-state index contributed by atoms with van der Waals surface area (Å²) in [6.45, 7) is 2.22. The van der Waals surface area contributed by atoms with Crippen LogP contribution in [0.5, 0.6) is 0 Å². The molecule has 0 aromatic heterocycles. The molecule has 0 heterocycles. The number of rotatable bonds is 9. The van der Waals surface area contributed by atoms with Gasteiger partial charge in [0.1, 0.15) is 10.1 Å². The number of unbranched alkanes of at least 4 members (excludes halogenated alkanes) is 6. The summed E-state index contributed by atoms with van der Waals surface area (Å²) in [5.74, 6) is 0. The largest absolute Gasteiger partial charge is 1.00 e. The second-order valence-corrected chi connectivity index (χ2v) is 7.49. The van der Waals surface area contributed by atoms with Crippen molar-refractivity contribution in [1.82, 2.24) is 0 Å². The Hall–Kier alpha value is -0.390. The maximum atomic E-state index is 11.4. The van der Waals surface area contributed by atoms with Gasteiger partial charge in [-0.2, -0.15) is 0 Å². The average Bonchev–Trinajstić information content (AvgIpc) is 2.52. The molecule has 0 atom stereocenters. The van der Waals surface area contributed by atoms with Gasteiger partial charge in [-0.1, -0.05) is 69.7 Å².